The molecule has 0 aliphatic rings. The number of hydrogen-bond acceptors (Lipinski definition) is 1. The van der Waals surface area contributed by atoms with E-state index in [0.717, 1.165) is 21.9 Å². The van der Waals surface area contributed by atoms with Gasteiger partial charge in [-0.3, -0.25) is 0 Å². The van der Waals surface area contributed by atoms with Crippen molar-refractivity contribution in [3.63, 3.8) is 0 Å². The summed E-state index contributed by atoms with van der Waals surface area (Å²) in [4.78, 5) is 0. The van der Waals surface area contributed by atoms with Gasteiger partial charge in [0.1, 0.15) is 5.82 Å². The third-order valence-corrected chi connectivity index (χ3v) is 3.93. The van der Waals surface area contributed by atoms with Crippen molar-refractivity contribution in [3.05, 3.63) is 71.0 Å². The Hall–Kier alpha value is -1.90. The highest BCUT2D eigenvalue weighted by molar-refractivity contribution is 6.36. The molecule has 0 fully saturated rings. The molecule has 0 spiro atoms. The standard InChI is InChI=1S/C18H15ClFN/c1-21-11-13-7-6-12(10-18(13)20)14-8-9-17(19)16-5-3-2-4-15(14)16/h2-10,21H,11H2,1H3. The molecule has 0 radical (unpaired) electrons. The Morgan fingerprint density at radius 3 is 2.48 bits per heavy atom. The molecule has 1 N–H and O–H groups in total. The SMILES string of the molecule is CNCc1ccc(-c2ccc(Cl)c3ccccc23)cc1F. The first-order valence-electron chi connectivity index (χ1n) is 6.81. The van der Waals surface area contributed by atoms with Gasteiger partial charge in [-0.2, -0.15) is 0 Å². The van der Waals surface area contributed by atoms with Gasteiger partial charge in [0, 0.05) is 22.5 Å². The number of halogens is 2. The Morgan fingerprint density at radius 1 is 1.00 bits per heavy atom. The predicted octanol–water partition coefficient (Wildman–Crippen LogP) is 5.02. The number of benzene rings is 3. The van der Waals surface area contributed by atoms with E-state index in [9.17, 15) is 4.39 Å². The van der Waals surface area contributed by atoms with Gasteiger partial charge in [0.25, 0.3) is 0 Å². The zero-order valence-electron chi connectivity index (χ0n) is 11.7. The molecule has 0 heterocycles. The molecule has 3 aromatic carbocycles. The fourth-order valence-corrected chi connectivity index (χ4v) is 2.79. The van der Waals surface area contributed by atoms with Crippen LogP contribution in [-0.4, -0.2) is 7.05 Å². The fourth-order valence-electron chi connectivity index (χ4n) is 2.56. The third kappa shape index (κ3) is 2.65. The lowest BCUT2D eigenvalue weighted by Crippen LogP contribution is -2.06. The van der Waals surface area contributed by atoms with Crippen molar-refractivity contribution in [2.24, 2.45) is 0 Å². The maximum atomic E-state index is 14.1. The lowest BCUT2D eigenvalue weighted by Gasteiger charge is -2.10. The minimum Gasteiger partial charge on any atom is -0.316 e. The first-order chi connectivity index (χ1) is 10.2. The summed E-state index contributed by atoms with van der Waals surface area (Å²) in [7, 11) is 1.81. The monoisotopic (exact) mass is 299 g/mol. The van der Waals surface area contributed by atoms with Crippen molar-refractivity contribution in [2.75, 3.05) is 7.05 Å². The van der Waals surface area contributed by atoms with Gasteiger partial charge in [-0.05, 0) is 35.7 Å². The Kier molecular flexibility index (Phi) is 3.91. The van der Waals surface area contributed by atoms with E-state index in [4.69, 9.17) is 11.6 Å². The molecule has 0 bridgehead atoms. The van der Waals surface area contributed by atoms with E-state index >= 15 is 0 Å². The minimum atomic E-state index is -0.194. The van der Waals surface area contributed by atoms with Crippen LogP contribution in [-0.2, 0) is 6.54 Å². The Morgan fingerprint density at radius 2 is 1.76 bits per heavy atom. The Labute approximate surface area is 128 Å². The van der Waals surface area contributed by atoms with Crippen LogP contribution in [0.2, 0.25) is 5.02 Å². The number of hydrogen-bond donors (Lipinski definition) is 1. The van der Waals surface area contributed by atoms with Crippen molar-refractivity contribution in [1.82, 2.24) is 5.32 Å². The van der Waals surface area contributed by atoms with Gasteiger partial charge >= 0.3 is 0 Å². The molecule has 3 rings (SSSR count). The van der Waals surface area contributed by atoms with Gasteiger partial charge in [0.15, 0.2) is 0 Å². The quantitative estimate of drug-likeness (QED) is 0.716. The lowest BCUT2D eigenvalue weighted by atomic mass is 9.97. The zero-order valence-corrected chi connectivity index (χ0v) is 12.4. The highest BCUT2D eigenvalue weighted by atomic mass is 35.5. The van der Waals surface area contributed by atoms with Crippen LogP contribution < -0.4 is 5.32 Å². The molecule has 0 aliphatic carbocycles. The van der Waals surface area contributed by atoms with Crippen LogP contribution in [0.5, 0.6) is 0 Å². The van der Waals surface area contributed by atoms with E-state index in [1.54, 1.807) is 13.1 Å². The summed E-state index contributed by atoms with van der Waals surface area (Å²) in [5.41, 5.74) is 2.52. The fraction of sp³-hybridized carbons (Fsp3) is 0.111. The molecule has 106 valence electrons. The Balaban J connectivity index is 2.17. The summed E-state index contributed by atoms with van der Waals surface area (Å²) in [5.74, 6) is -0.194. The van der Waals surface area contributed by atoms with Crippen molar-refractivity contribution >= 4 is 22.4 Å². The molecule has 0 saturated heterocycles. The zero-order chi connectivity index (χ0) is 14.8. The summed E-state index contributed by atoms with van der Waals surface area (Å²) in [6.45, 7) is 0.521. The van der Waals surface area contributed by atoms with Crippen molar-refractivity contribution in [1.29, 1.82) is 0 Å². The van der Waals surface area contributed by atoms with Crippen molar-refractivity contribution in [3.8, 4) is 11.1 Å². The average Bonchev–Trinajstić information content (AvgIpc) is 2.50. The van der Waals surface area contributed by atoms with Crippen LogP contribution in [0.4, 0.5) is 4.39 Å². The van der Waals surface area contributed by atoms with Gasteiger partial charge in [-0.15, -0.1) is 0 Å². The number of nitrogens with one attached hydrogen (secondary N) is 1. The van der Waals surface area contributed by atoms with E-state index in [0.29, 0.717) is 17.1 Å². The maximum Gasteiger partial charge on any atom is 0.128 e. The van der Waals surface area contributed by atoms with E-state index in [1.807, 2.05) is 48.5 Å². The third-order valence-electron chi connectivity index (χ3n) is 3.60. The molecule has 0 atom stereocenters. The molecule has 1 nitrogen and oxygen atoms in total. The molecule has 0 saturated carbocycles. The summed E-state index contributed by atoms with van der Waals surface area (Å²) in [5, 5.41) is 5.69. The molecular weight excluding hydrogens is 285 g/mol. The largest absolute Gasteiger partial charge is 0.316 e. The van der Waals surface area contributed by atoms with Crippen molar-refractivity contribution in [2.45, 2.75) is 6.54 Å². The topological polar surface area (TPSA) is 12.0 Å². The first-order valence-corrected chi connectivity index (χ1v) is 7.19. The minimum absolute atomic E-state index is 0.194. The van der Waals surface area contributed by atoms with E-state index < -0.39 is 0 Å². The van der Waals surface area contributed by atoms with E-state index in [-0.39, 0.29) is 5.82 Å². The molecule has 0 amide bonds. The highest BCUT2D eigenvalue weighted by Gasteiger charge is 2.09. The average molecular weight is 300 g/mol. The second-order valence-electron chi connectivity index (χ2n) is 4.98. The van der Waals surface area contributed by atoms with Gasteiger partial charge in [-0.25, -0.2) is 4.39 Å². The summed E-state index contributed by atoms with van der Waals surface area (Å²) >= 11 is 6.23. The number of fused-ring (bicyclic) bond motifs is 1. The second-order valence-corrected chi connectivity index (χ2v) is 5.38. The van der Waals surface area contributed by atoms with Crippen LogP contribution in [0.1, 0.15) is 5.56 Å². The molecule has 0 aromatic heterocycles. The van der Waals surface area contributed by atoms with Gasteiger partial charge in [-0.1, -0.05) is 54.1 Å². The maximum absolute atomic E-state index is 14.1. The van der Waals surface area contributed by atoms with Crippen LogP contribution in [0, 0.1) is 5.82 Å². The van der Waals surface area contributed by atoms with E-state index in [1.165, 1.54) is 0 Å². The summed E-state index contributed by atoms with van der Waals surface area (Å²) < 4.78 is 14.1. The van der Waals surface area contributed by atoms with Gasteiger partial charge < -0.3 is 5.32 Å². The summed E-state index contributed by atoms with van der Waals surface area (Å²) in [6.07, 6.45) is 0. The first kappa shape index (κ1) is 14.1. The van der Waals surface area contributed by atoms with Crippen LogP contribution in [0.3, 0.4) is 0 Å². The van der Waals surface area contributed by atoms with Gasteiger partial charge in [0.05, 0.1) is 0 Å². The lowest BCUT2D eigenvalue weighted by molar-refractivity contribution is 0.601. The number of rotatable bonds is 3. The second kappa shape index (κ2) is 5.84. The predicted molar refractivity (Wildman–Crippen MR) is 87.1 cm³/mol. The normalized spacial score (nSPS) is 11.0. The molecule has 3 heteroatoms. The van der Waals surface area contributed by atoms with E-state index in [2.05, 4.69) is 5.32 Å². The summed E-state index contributed by atoms with van der Waals surface area (Å²) in [6, 6.07) is 17.1. The van der Waals surface area contributed by atoms with Crippen LogP contribution in [0.15, 0.2) is 54.6 Å². The van der Waals surface area contributed by atoms with Gasteiger partial charge in [0.2, 0.25) is 0 Å². The molecule has 21 heavy (non-hydrogen) atoms. The molecule has 0 aliphatic heterocycles. The van der Waals surface area contributed by atoms with Crippen LogP contribution in [0.25, 0.3) is 21.9 Å². The Bertz CT molecular complexity index is 798. The molecule has 0 unspecified atom stereocenters. The van der Waals surface area contributed by atoms with Crippen molar-refractivity contribution < 1.29 is 4.39 Å². The molecule has 3 aromatic rings. The van der Waals surface area contributed by atoms with Crippen LogP contribution >= 0.6 is 11.6 Å². The smallest absolute Gasteiger partial charge is 0.128 e. The highest BCUT2D eigenvalue weighted by Crippen LogP contribution is 2.33. The molecular formula is C18H15ClFN.